The minimum Gasteiger partial charge on any atom is -0.350 e. The summed E-state index contributed by atoms with van der Waals surface area (Å²) in [6, 6.07) is 8.94. The lowest BCUT2D eigenvalue weighted by atomic mass is 9.85. The second-order valence-electron chi connectivity index (χ2n) is 8.29. The Hall–Kier alpha value is -1.81. The third-order valence-corrected chi connectivity index (χ3v) is 6.65. The summed E-state index contributed by atoms with van der Waals surface area (Å²) in [7, 11) is 2.09. The molecule has 1 N–H and O–H groups in total. The summed E-state index contributed by atoms with van der Waals surface area (Å²) in [5.41, 5.74) is 2.53. The molecule has 2 saturated heterocycles. The number of aryl methyl sites for hydroxylation is 2. The van der Waals surface area contributed by atoms with Crippen LogP contribution in [-0.2, 0) is 18.3 Å². The number of amides is 1. The van der Waals surface area contributed by atoms with E-state index in [9.17, 15) is 4.79 Å². The zero-order valence-electron chi connectivity index (χ0n) is 16.1. The Kier molecular flexibility index (Phi) is 4.78. The van der Waals surface area contributed by atoms with Gasteiger partial charge in [0, 0.05) is 43.2 Å². The molecular formula is C22H31N3O. The van der Waals surface area contributed by atoms with E-state index in [1.165, 1.54) is 35.7 Å². The number of carbonyl (C=O) groups is 1. The molecular weight excluding hydrogens is 322 g/mol. The largest absolute Gasteiger partial charge is 0.350 e. The number of nitrogens with one attached hydrogen (secondary N) is 1. The van der Waals surface area contributed by atoms with Gasteiger partial charge in [-0.25, -0.2) is 0 Å². The Labute approximate surface area is 156 Å². The molecule has 140 valence electrons. The Morgan fingerprint density at radius 2 is 2.12 bits per heavy atom. The van der Waals surface area contributed by atoms with Crippen molar-refractivity contribution in [3.8, 4) is 0 Å². The van der Waals surface area contributed by atoms with Gasteiger partial charge in [0.1, 0.15) is 0 Å². The first-order valence-electron chi connectivity index (χ1n) is 10.2. The predicted molar refractivity (Wildman–Crippen MR) is 106 cm³/mol. The minimum atomic E-state index is -0.00371. The van der Waals surface area contributed by atoms with E-state index < -0.39 is 0 Å². The quantitative estimate of drug-likeness (QED) is 0.915. The van der Waals surface area contributed by atoms with Gasteiger partial charge < -0.3 is 14.8 Å². The van der Waals surface area contributed by atoms with Crippen LogP contribution in [0.25, 0.3) is 10.9 Å². The van der Waals surface area contributed by atoms with E-state index in [0.717, 1.165) is 32.4 Å². The van der Waals surface area contributed by atoms with Crippen LogP contribution in [-0.4, -0.2) is 40.0 Å². The maximum Gasteiger partial charge on any atom is 0.223 e. The number of para-hydroxylation sites is 1. The Balaban J connectivity index is 1.51. The third-order valence-electron chi connectivity index (χ3n) is 6.65. The zero-order chi connectivity index (χ0) is 18.1. The molecule has 4 heteroatoms. The molecule has 4 nitrogen and oxygen atoms in total. The van der Waals surface area contributed by atoms with E-state index >= 15 is 0 Å². The highest BCUT2D eigenvalue weighted by molar-refractivity contribution is 5.85. The molecule has 26 heavy (non-hydrogen) atoms. The van der Waals surface area contributed by atoms with Crippen molar-refractivity contribution >= 4 is 16.8 Å². The second-order valence-corrected chi connectivity index (χ2v) is 8.29. The molecule has 1 aromatic carbocycles. The summed E-state index contributed by atoms with van der Waals surface area (Å²) in [5, 5.41) is 4.94. The average molecular weight is 354 g/mol. The van der Waals surface area contributed by atoms with Crippen LogP contribution in [0.2, 0.25) is 0 Å². The smallest absolute Gasteiger partial charge is 0.223 e. The summed E-state index contributed by atoms with van der Waals surface area (Å²) in [4.78, 5) is 15.4. The van der Waals surface area contributed by atoms with Crippen LogP contribution in [0.1, 0.15) is 51.0 Å². The molecule has 2 aliphatic heterocycles. The van der Waals surface area contributed by atoms with Gasteiger partial charge in [-0.1, -0.05) is 31.0 Å². The van der Waals surface area contributed by atoms with Crippen molar-refractivity contribution in [3.05, 3.63) is 36.0 Å². The van der Waals surface area contributed by atoms with Crippen molar-refractivity contribution < 1.29 is 4.79 Å². The van der Waals surface area contributed by atoms with E-state index in [0.29, 0.717) is 18.4 Å². The highest BCUT2D eigenvalue weighted by Crippen LogP contribution is 2.34. The van der Waals surface area contributed by atoms with Crippen LogP contribution in [0.4, 0.5) is 0 Å². The zero-order valence-corrected chi connectivity index (χ0v) is 16.1. The Bertz CT molecular complexity index is 796. The molecule has 1 amide bonds. The van der Waals surface area contributed by atoms with E-state index in [1.807, 2.05) is 0 Å². The van der Waals surface area contributed by atoms with Crippen LogP contribution in [0.5, 0.6) is 0 Å². The van der Waals surface area contributed by atoms with Gasteiger partial charge in [0.05, 0.1) is 5.54 Å². The van der Waals surface area contributed by atoms with Crippen LogP contribution in [0.15, 0.2) is 30.5 Å². The van der Waals surface area contributed by atoms with E-state index in [4.69, 9.17) is 0 Å². The lowest BCUT2D eigenvalue weighted by Crippen LogP contribution is -2.57. The van der Waals surface area contributed by atoms with Crippen LogP contribution in [0, 0.1) is 0 Å². The highest BCUT2D eigenvalue weighted by atomic mass is 16.2. The van der Waals surface area contributed by atoms with E-state index in [-0.39, 0.29) is 5.54 Å². The van der Waals surface area contributed by atoms with Gasteiger partial charge in [0.15, 0.2) is 0 Å². The lowest BCUT2D eigenvalue weighted by Gasteiger charge is -2.44. The molecule has 0 spiro atoms. The first-order chi connectivity index (χ1) is 12.6. The molecule has 1 aromatic heterocycles. The second kappa shape index (κ2) is 7.07. The summed E-state index contributed by atoms with van der Waals surface area (Å²) in [5.74, 6) is 0.330. The van der Waals surface area contributed by atoms with E-state index in [2.05, 4.69) is 59.2 Å². The van der Waals surface area contributed by atoms with Gasteiger partial charge >= 0.3 is 0 Å². The van der Waals surface area contributed by atoms with Crippen molar-refractivity contribution in [1.82, 2.24) is 14.8 Å². The summed E-state index contributed by atoms with van der Waals surface area (Å²) < 4.78 is 2.17. The molecule has 2 atom stereocenters. The number of likely N-dealkylation sites (tertiary alicyclic amines) is 1. The number of benzene rings is 1. The van der Waals surface area contributed by atoms with Crippen molar-refractivity contribution in [3.63, 3.8) is 0 Å². The molecule has 2 aromatic rings. The third kappa shape index (κ3) is 3.05. The Morgan fingerprint density at radius 1 is 1.27 bits per heavy atom. The van der Waals surface area contributed by atoms with Gasteiger partial charge in [-0.15, -0.1) is 0 Å². The number of hydrogen-bond donors (Lipinski definition) is 1. The number of nitrogens with zero attached hydrogens (tertiary/aromatic N) is 2. The van der Waals surface area contributed by atoms with Gasteiger partial charge in [0.25, 0.3) is 0 Å². The standard InChI is InChI=1S/C22H31N3O/c1-22-13-14-23-20(22)10-4-3-7-15-25(22)21(26)12-11-17-16-24(2)19-9-6-5-8-18(17)19/h5-6,8-9,16,20,23H,3-4,7,10-15H2,1-2H3/t20-,22-/m0/s1. The van der Waals surface area contributed by atoms with Crippen LogP contribution < -0.4 is 5.32 Å². The summed E-state index contributed by atoms with van der Waals surface area (Å²) in [6.45, 7) is 4.26. The fraction of sp³-hybridized carbons (Fsp3) is 0.591. The van der Waals surface area contributed by atoms with Gasteiger partial charge in [-0.3, -0.25) is 4.79 Å². The van der Waals surface area contributed by atoms with Gasteiger partial charge in [0.2, 0.25) is 5.91 Å². The monoisotopic (exact) mass is 353 g/mol. The van der Waals surface area contributed by atoms with Crippen molar-refractivity contribution in [2.45, 2.75) is 63.5 Å². The van der Waals surface area contributed by atoms with Crippen LogP contribution in [0.3, 0.4) is 0 Å². The number of carbonyl (C=O) groups excluding carboxylic acids is 1. The number of hydrogen-bond acceptors (Lipinski definition) is 2. The number of fused-ring (bicyclic) bond motifs is 2. The molecule has 4 rings (SSSR count). The SMILES string of the molecule is Cn1cc(CCC(=O)N2CCCCC[C@@H]3NCC[C@@]32C)c2ccccc21. The maximum absolute atomic E-state index is 13.2. The van der Waals surface area contributed by atoms with Crippen molar-refractivity contribution in [2.75, 3.05) is 13.1 Å². The molecule has 2 aliphatic rings. The minimum absolute atomic E-state index is 0.00371. The van der Waals surface area contributed by atoms with Crippen LogP contribution >= 0.6 is 0 Å². The fourth-order valence-corrected chi connectivity index (χ4v) is 5.09. The highest BCUT2D eigenvalue weighted by Gasteiger charge is 2.45. The summed E-state index contributed by atoms with van der Waals surface area (Å²) in [6.07, 6.45) is 9.56. The molecule has 0 radical (unpaired) electrons. The fourth-order valence-electron chi connectivity index (χ4n) is 5.09. The topological polar surface area (TPSA) is 37.3 Å². The molecule has 0 unspecified atom stereocenters. The van der Waals surface area contributed by atoms with Gasteiger partial charge in [-0.05, 0) is 50.8 Å². The first kappa shape index (κ1) is 17.6. The maximum atomic E-state index is 13.2. The summed E-state index contributed by atoms with van der Waals surface area (Å²) >= 11 is 0. The number of aromatic nitrogens is 1. The van der Waals surface area contributed by atoms with Gasteiger partial charge in [-0.2, -0.15) is 0 Å². The number of rotatable bonds is 3. The molecule has 0 bridgehead atoms. The normalized spacial score (nSPS) is 26.5. The lowest BCUT2D eigenvalue weighted by molar-refractivity contribution is -0.138. The molecule has 0 aliphatic carbocycles. The predicted octanol–water partition coefficient (Wildman–Crippen LogP) is 3.63. The molecule has 0 saturated carbocycles. The Morgan fingerprint density at radius 3 is 3.00 bits per heavy atom. The van der Waals surface area contributed by atoms with Crippen molar-refractivity contribution in [1.29, 1.82) is 0 Å². The molecule has 3 heterocycles. The first-order valence-corrected chi connectivity index (χ1v) is 10.2. The van der Waals surface area contributed by atoms with Crippen molar-refractivity contribution in [2.24, 2.45) is 7.05 Å². The average Bonchev–Trinajstić information content (AvgIpc) is 3.15. The van der Waals surface area contributed by atoms with E-state index in [1.54, 1.807) is 0 Å². The molecule has 2 fully saturated rings.